The van der Waals surface area contributed by atoms with E-state index in [0.717, 1.165) is 18.5 Å². The number of carbonyl (C=O) groups excluding carboxylic acids is 1. The van der Waals surface area contributed by atoms with Gasteiger partial charge in [-0.1, -0.05) is 29.4 Å². The van der Waals surface area contributed by atoms with E-state index >= 15 is 0 Å². The average molecular weight is 363 g/mol. The van der Waals surface area contributed by atoms with Gasteiger partial charge in [-0.2, -0.15) is 4.98 Å². The molecule has 3 aromatic rings. The van der Waals surface area contributed by atoms with Crippen LogP contribution in [-0.2, 0) is 4.79 Å². The summed E-state index contributed by atoms with van der Waals surface area (Å²) in [4.78, 5) is 25.4. The second-order valence-corrected chi connectivity index (χ2v) is 6.61. The maximum Gasteiger partial charge on any atom is 0.249 e. The van der Waals surface area contributed by atoms with Crippen LogP contribution in [0, 0.1) is 0 Å². The molecule has 0 N–H and O–H groups in total. The van der Waals surface area contributed by atoms with E-state index in [-0.39, 0.29) is 11.9 Å². The van der Waals surface area contributed by atoms with Gasteiger partial charge in [0.2, 0.25) is 17.6 Å². The fourth-order valence-electron chi connectivity index (χ4n) is 3.36. The molecule has 1 amide bonds. The third kappa shape index (κ3) is 3.67. The van der Waals surface area contributed by atoms with Gasteiger partial charge in [0.05, 0.1) is 6.54 Å². The molecule has 0 bridgehead atoms. The summed E-state index contributed by atoms with van der Waals surface area (Å²) in [6.45, 7) is 1.01. The van der Waals surface area contributed by atoms with E-state index in [1.807, 2.05) is 65.4 Å². The number of pyridine rings is 1. The molecule has 0 unspecified atom stereocenters. The Morgan fingerprint density at radius 3 is 2.81 bits per heavy atom. The first-order chi connectivity index (χ1) is 13.2. The zero-order chi connectivity index (χ0) is 18.6. The molecule has 1 saturated heterocycles. The van der Waals surface area contributed by atoms with Crippen LogP contribution in [-0.4, -0.2) is 46.1 Å². The summed E-state index contributed by atoms with van der Waals surface area (Å²) in [5.41, 5.74) is 1.67. The van der Waals surface area contributed by atoms with Gasteiger partial charge in [0, 0.05) is 25.5 Å². The molecule has 0 aliphatic carbocycles. The number of hydrogen-bond acceptors (Lipinski definition) is 6. The van der Waals surface area contributed by atoms with Crippen LogP contribution in [0.25, 0.3) is 11.5 Å². The van der Waals surface area contributed by atoms with Gasteiger partial charge < -0.3 is 14.3 Å². The molecule has 27 heavy (non-hydrogen) atoms. The fourth-order valence-corrected chi connectivity index (χ4v) is 3.36. The normalized spacial score (nSPS) is 16.5. The van der Waals surface area contributed by atoms with Crippen molar-refractivity contribution in [3.05, 3.63) is 60.6 Å². The maximum absolute atomic E-state index is 12.9. The minimum atomic E-state index is -0.174. The molecule has 1 fully saturated rings. The van der Waals surface area contributed by atoms with Crippen LogP contribution in [0.2, 0.25) is 0 Å². The van der Waals surface area contributed by atoms with Gasteiger partial charge in [0.1, 0.15) is 11.7 Å². The first kappa shape index (κ1) is 17.2. The summed E-state index contributed by atoms with van der Waals surface area (Å²) in [7, 11) is 1.92. The minimum Gasteiger partial charge on any atom is -0.365 e. The first-order valence-electron chi connectivity index (χ1n) is 9.03. The van der Waals surface area contributed by atoms with Gasteiger partial charge in [0.15, 0.2) is 0 Å². The smallest absolute Gasteiger partial charge is 0.249 e. The minimum absolute atomic E-state index is 0.0569. The number of nitrogens with zero attached hydrogens (tertiary/aromatic N) is 5. The number of hydrogen-bond donors (Lipinski definition) is 0. The Labute approximate surface area is 157 Å². The highest BCUT2D eigenvalue weighted by Gasteiger charge is 2.34. The highest BCUT2D eigenvalue weighted by atomic mass is 16.5. The highest BCUT2D eigenvalue weighted by molar-refractivity contribution is 5.82. The molecule has 0 radical (unpaired) electrons. The van der Waals surface area contributed by atoms with E-state index in [4.69, 9.17) is 4.52 Å². The van der Waals surface area contributed by atoms with Gasteiger partial charge in [-0.3, -0.25) is 9.78 Å². The molecule has 0 spiro atoms. The Balaban J connectivity index is 1.47. The lowest BCUT2D eigenvalue weighted by atomic mass is 10.2. The molecule has 7 heteroatoms. The zero-order valence-corrected chi connectivity index (χ0v) is 15.2. The van der Waals surface area contributed by atoms with Gasteiger partial charge in [-0.15, -0.1) is 0 Å². The Morgan fingerprint density at radius 1 is 1.22 bits per heavy atom. The number of likely N-dealkylation sites (tertiary alicyclic amines) is 1. The third-order valence-corrected chi connectivity index (χ3v) is 4.76. The Morgan fingerprint density at radius 2 is 2.04 bits per heavy atom. The standard InChI is InChI=1S/C20H21N5O2/c1-24(15-8-3-2-4-9-15)14-18(26)25-13-7-11-17(25)20-22-19(23-27-20)16-10-5-6-12-21-16/h2-6,8-10,12,17H,7,11,13-14H2,1H3/t17-/m1/s1. The predicted octanol–water partition coefficient (Wildman–Crippen LogP) is 2.93. The molecule has 1 aromatic carbocycles. The maximum atomic E-state index is 12.9. The van der Waals surface area contributed by atoms with Gasteiger partial charge in [0.25, 0.3) is 0 Å². The summed E-state index contributed by atoms with van der Waals surface area (Å²) >= 11 is 0. The van der Waals surface area contributed by atoms with Crippen molar-refractivity contribution >= 4 is 11.6 Å². The molecule has 4 rings (SSSR count). The lowest BCUT2D eigenvalue weighted by Crippen LogP contribution is -2.38. The first-order valence-corrected chi connectivity index (χ1v) is 9.03. The molecule has 1 aliphatic heterocycles. The zero-order valence-electron chi connectivity index (χ0n) is 15.2. The summed E-state index contributed by atoms with van der Waals surface area (Å²) < 4.78 is 5.46. The van der Waals surface area contributed by atoms with Crippen LogP contribution in [0.5, 0.6) is 0 Å². The summed E-state index contributed by atoms with van der Waals surface area (Å²) in [5.74, 6) is 0.983. The van der Waals surface area contributed by atoms with Crippen molar-refractivity contribution in [1.29, 1.82) is 0 Å². The molecular formula is C20H21N5O2. The second-order valence-electron chi connectivity index (χ2n) is 6.61. The number of rotatable bonds is 5. The van der Waals surface area contributed by atoms with Crippen molar-refractivity contribution < 1.29 is 9.32 Å². The SMILES string of the molecule is CN(CC(=O)N1CCC[C@@H]1c1nc(-c2ccccn2)no1)c1ccccc1. The second kappa shape index (κ2) is 7.57. The van der Waals surface area contributed by atoms with Crippen molar-refractivity contribution in [3.63, 3.8) is 0 Å². The van der Waals surface area contributed by atoms with E-state index in [1.165, 1.54) is 0 Å². The molecule has 1 atom stereocenters. The predicted molar refractivity (Wildman–Crippen MR) is 101 cm³/mol. The van der Waals surface area contributed by atoms with Crippen LogP contribution in [0.15, 0.2) is 59.3 Å². The number of likely N-dealkylation sites (N-methyl/N-ethyl adjacent to an activating group) is 1. The Kier molecular flexibility index (Phi) is 4.82. The van der Waals surface area contributed by atoms with Crippen LogP contribution in [0.4, 0.5) is 5.69 Å². The number of benzene rings is 1. The third-order valence-electron chi connectivity index (χ3n) is 4.76. The summed E-state index contributed by atoms with van der Waals surface area (Å²) in [6.07, 6.45) is 3.44. The van der Waals surface area contributed by atoms with Crippen molar-refractivity contribution in [2.24, 2.45) is 0 Å². The highest BCUT2D eigenvalue weighted by Crippen LogP contribution is 2.32. The van der Waals surface area contributed by atoms with Crippen molar-refractivity contribution in [1.82, 2.24) is 20.0 Å². The Bertz CT molecular complexity index is 897. The number of anilines is 1. The topological polar surface area (TPSA) is 75.4 Å². The monoisotopic (exact) mass is 363 g/mol. The van der Waals surface area contributed by atoms with E-state index in [9.17, 15) is 4.79 Å². The average Bonchev–Trinajstić information content (AvgIpc) is 3.38. The van der Waals surface area contributed by atoms with Crippen molar-refractivity contribution in [2.45, 2.75) is 18.9 Å². The van der Waals surface area contributed by atoms with Crippen LogP contribution in [0.1, 0.15) is 24.8 Å². The quantitative estimate of drug-likeness (QED) is 0.694. The lowest BCUT2D eigenvalue weighted by molar-refractivity contribution is -0.131. The fraction of sp³-hybridized carbons (Fsp3) is 0.300. The summed E-state index contributed by atoms with van der Waals surface area (Å²) in [5, 5.41) is 4.04. The van der Waals surface area contributed by atoms with Crippen LogP contribution in [0.3, 0.4) is 0 Å². The molecule has 1 aliphatic rings. The van der Waals surface area contributed by atoms with Crippen molar-refractivity contribution in [2.75, 3.05) is 25.0 Å². The molecule has 0 saturated carbocycles. The number of aromatic nitrogens is 3. The van der Waals surface area contributed by atoms with Gasteiger partial charge in [-0.05, 0) is 37.1 Å². The van der Waals surface area contributed by atoms with E-state index < -0.39 is 0 Å². The molecule has 2 aromatic heterocycles. The molecule has 7 nitrogen and oxygen atoms in total. The van der Waals surface area contributed by atoms with Gasteiger partial charge in [-0.25, -0.2) is 0 Å². The molecule has 3 heterocycles. The van der Waals surface area contributed by atoms with E-state index in [0.29, 0.717) is 30.5 Å². The van der Waals surface area contributed by atoms with Crippen LogP contribution >= 0.6 is 0 Å². The Hall–Kier alpha value is -3.22. The molecular weight excluding hydrogens is 342 g/mol. The van der Waals surface area contributed by atoms with Crippen molar-refractivity contribution in [3.8, 4) is 11.5 Å². The molecule has 138 valence electrons. The van der Waals surface area contributed by atoms with E-state index in [1.54, 1.807) is 6.20 Å². The lowest BCUT2D eigenvalue weighted by Gasteiger charge is -2.26. The largest absolute Gasteiger partial charge is 0.365 e. The van der Waals surface area contributed by atoms with Crippen LogP contribution < -0.4 is 4.90 Å². The number of para-hydroxylation sites is 1. The number of carbonyl (C=O) groups is 1. The van der Waals surface area contributed by atoms with Gasteiger partial charge >= 0.3 is 0 Å². The summed E-state index contributed by atoms with van der Waals surface area (Å²) in [6, 6.07) is 15.3. The number of amides is 1. The van der Waals surface area contributed by atoms with E-state index in [2.05, 4.69) is 15.1 Å².